The monoisotopic (exact) mass is 1300 g/mol. The average Bonchev–Trinajstić information content (AvgIpc) is 3.56. The Hall–Kier alpha value is 1.000. The average molecular weight is 1300 g/mol. The van der Waals surface area contributed by atoms with E-state index in [0.717, 1.165) is 51.4 Å². The molecule has 11 heteroatoms. The summed E-state index contributed by atoms with van der Waals surface area (Å²) in [6, 6.07) is 0. The zero-order chi connectivity index (χ0) is 63.1. The maximum Gasteiger partial charge on any atom is 2.00 e. The van der Waals surface area contributed by atoms with Gasteiger partial charge in [-0.1, -0.05) is 439 Å². The number of hydrogen-bond acceptors (Lipinski definition) is 8. The second-order valence-electron chi connectivity index (χ2n) is 27.5. The van der Waals surface area contributed by atoms with Gasteiger partial charge in [-0.3, -0.25) is 8.37 Å². The van der Waals surface area contributed by atoms with Gasteiger partial charge in [0.2, 0.25) is 20.8 Å². The summed E-state index contributed by atoms with van der Waals surface area (Å²) in [5.41, 5.74) is 0. The predicted molar refractivity (Wildman–Crippen MR) is 381 cm³/mol. The molecule has 0 aliphatic carbocycles. The summed E-state index contributed by atoms with van der Waals surface area (Å²) in [6.45, 7) is 9.27. The molecule has 87 heavy (non-hydrogen) atoms. The molecule has 0 fully saturated rings. The summed E-state index contributed by atoms with van der Waals surface area (Å²) in [6.07, 6.45) is 90.7. The van der Waals surface area contributed by atoms with E-state index in [4.69, 9.17) is 0 Å². The normalized spacial score (nSPS) is 12.6. The minimum atomic E-state index is -4.59. The molecule has 2 unspecified atom stereocenters. The maximum absolute atomic E-state index is 11.0. The summed E-state index contributed by atoms with van der Waals surface area (Å²) in [5, 5.41) is 0. The van der Waals surface area contributed by atoms with E-state index < -0.39 is 20.8 Å². The Morgan fingerprint density at radius 3 is 0.414 bits per heavy atom. The van der Waals surface area contributed by atoms with Gasteiger partial charge in [-0.2, -0.15) is 0 Å². The predicted octanol–water partition coefficient (Wildman–Crippen LogP) is 26.4. The second-order valence-corrected chi connectivity index (χ2v) is 29.6. The molecule has 0 radical (unpaired) electrons. The number of rotatable bonds is 74. The van der Waals surface area contributed by atoms with E-state index in [1.165, 1.54) is 385 Å². The van der Waals surface area contributed by atoms with Crippen LogP contribution in [0.2, 0.25) is 0 Å². The molecule has 0 heterocycles. The van der Waals surface area contributed by atoms with Crippen LogP contribution >= 0.6 is 0 Å². The van der Waals surface area contributed by atoms with Gasteiger partial charge in [-0.25, -0.2) is 16.8 Å². The van der Waals surface area contributed by atoms with Crippen LogP contribution in [-0.4, -0.2) is 76.9 Å². The molecule has 0 N–H and O–H groups in total. The fourth-order valence-electron chi connectivity index (χ4n) is 12.9. The SMILES string of the molecule is CCCCCCCCCCCCCCCCCCCC(CCCCCCCCCCCCCCCCC)COS(=O)(=O)[O-].CCCCCCCCCCCCCCCCCCCC(CCCCCCCCCCCCCCCCC)COS(=O)(=O)[O-].[Ca+2]. The topological polar surface area (TPSA) is 133 Å². The zero-order valence-electron chi connectivity index (χ0n) is 59.4. The molecule has 0 aromatic rings. The van der Waals surface area contributed by atoms with Crippen LogP contribution in [0.3, 0.4) is 0 Å². The van der Waals surface area contributed by atoms with Gasteiger partial charge < -0.3 is 9.11 Å². The van der Waals surface area contributed by atoms with Crippen molar-refractivity contribution in [3.8, 4) is 0 Å². The van der Waals surface area contributed by atoms with E-state index in [1.807, 2.05) is 0 Å². The van der Waals surface area contributed by atoms with Gasteiger partial charge in [0.15, 0.2) is 0 Å². The van der Waals surface area contributed by atoms with E-state index >= 15 is 0 Å². The van der Waals surface area contributed by atoms with Crippen molar-refractivity contribution in [2.75, 3.05) is 13.2 Å². The van der Waals surface area contributed by atoms with Crippen molar-refractivity contribution in [1.82, 2.24) is 0 Å². The molecule has 0 saturated heterocycles. The van der Waals surface area contributed by atoms with Gasteiger partial charge >= 0.3 is 37.7 Å². The number of hydrogen-bond donors (Lipinski definition) is 0. The molecule has 0 bridgehead atoms. The summed E-state index contributed by atoms with van der Waals surface area (Å²) >= 11 is 0. The molecule has 0 saturated carbocycles. The van der Waals surface area contributed by atoms with Crippen molar-refractivity contribution < 1.29 is 34.3 Å². The van der Waals surface area contributed by atoms with Crippen molar-refractivity contribution in [2.45, 2.75) is 464 Å². The largest absolute Gasteiger partial charge is 2.00 e. The van der Waals surface area contributed by atoms with E-state index in [-0.39, 0.29) is 62.8 Å². The van der Waals surface area contributed by atoms with Crippen LogP contribution in [-0.2, 0) is 29.2 Å². The van der Waals surface area contributed by atoms with Crippen molar-refractivity contribution >= 4 is 58.5 Å². The molecular formula is C76H154CaO8S2. The Balaban J connectivity index is -0.00000160. The van der Waals surface area contributed by atoms with Crippen LogP contribution in [0, 0.1) is 11.8 Å². The molecule has 0 rings (SSSR count). The molecule has 8 nitrogen and oxygen atoms in total. The van der Waals surface area contributed by atoms with Crippen molar-refractivity contribution in [3.63, 3.8) is 0 Å². The molecule has 2 atom stereocenters. The Labute approximate surface area is 577 Å². The first-order chi connectivity index (χ1) is 42.0. The van der Waals surface area contributed by atoms with E-state index in [0.29, 0.717) is 0 Å². The van der Waals surface area contributed by atoms with Crippen LogP contribution in [0.25, 0.3) is 0 Å². The Morgan fingerprint density at radius 1 is 0.207 bits per heavy atom. The number of unbranched alkanes of at least 4 members (excludes halogenated alkanes) is 60. The van der Waals surface area contributed by atoms with E-state index in [9.17, 15) is 25.9 Å². The molecule has 0 aliphatic heterocycles. The molecule has 0 aromatic heterocycles. The quantitative estimate of drug-likeness (QED) is 0.0254. The van der Waals surface area contributed by atoms with Crippen LogP contribution < -0.4 is 0 Å². The molecule has 0 aromatic carbocycles. The maximum atomic E-state index is 11.0. The summed E-state index contributed by atoms with van der Waals surface area (Å²) in [5.74, 6) is 0.393. The Bertz CT molecular complexity index is 1360. The third-order valence-corrected chi connectivity index (χ3v) is 19.6. The van der Waals surface area contributed by atoms with Gasteiger partial charge in [-0.05, 0) is 37.5 Å². The van der Waals surface area contributed by atoms with Gasteiger partial charge in [0.1, 0.15) is 0 Å². The fraction of sp³-hybridized carbons (Fsp3) is 1.00. The first-order valence-electron chi connectivity index (χ1n) is 39.2. The Kier molecular flexibility index (Phi) is 82.3. The molecular weight excluding hydrogens is 1150 g/mol. The molecule has 0 spiro atoms. The standard InChI is InChI=1S/2C38H78O4S.Ca/c2*1-3-5-7-9-11-13-15-17-19-20-22-24-26-28-30-32-34-36-38(37-42-43(39,40)41)35-33-31-29-27-25-23-21-18-16-14-12-10-8-6-4-2;/h2*38H,3-37H2,1-2H3,(H,39,40,41);/q;;+2/p-2. The Morgan fingerprint density at radius 2 is 0.310 bits per heavy atom. The first kappa shape index (κ1) is 92.2. The molecule has 0 amide bonds. The molecule has 0 aliphatic rings. The first-order valence-corrected chi connectivity index (χ1v) is 41.9. The molecule has 520 valence electrons. The fourth-order valence-corrected chi connectivity index (χ4v) is 13.6. The van der Waals surface area contributed by atoms with Crippen LogP contribution in [0.15, 0.2) is 0 Å². The minimum absolute atomic E-state index is 0. The smallest absolute Gasteiger partial charge is 0.726 e. The van der Waals surface area contributed by atoms with Gasteiger partial charge in [-0.15, -0.1) is 0 Å². The van der Waals surface area contributed by atoms with Crippen molar-refractivity contribution in [3.05, 3.63) is 0 Å². The van der Waals surface area contributed by atoms with Gasteiger partial charge in [0, 0.05) is 0 Å². The van der Waals surface area contributed by atoms with E-state index in [1.54, 1.807) is 0 Å². The van der Waals surface area contributed by atoms with Crippen LogP contribution in [0.4, 0.5) is 0 Å². The van der Waals surface area contributed by atoms with Crippen LogP contribution in [0.5, 0.6) is 0 Å². The third-order valence-electron chi connectivity index (χ3n) is 18.8. The van der Waals surface area contributed by atoms with E-state index in [2.05, 4.69) is 36.1 Å². The summed E-state index contributed by atoms with van der Waals surface area (Å²) < 4.78 is 75.4. The zero-order valence-corrected chi connectivity index (χ0v) is 63.3. The van der Waals surface area contributed by atoms with Crippen molar-refractivity contribution in [2.24, 2.45) is 11.8 Å². The van der Waals surface area contributed by atoms with Crippen molar-refractivity contribution in [1.29, 1.82) is 0 Å². The summed E-state index contributed by atoms with van der Waals surface area (Å²) in [7, 11) is -9.18. The minimum Gasteiger partial charge on any atom is -0.726 e. The summed E-state index contributed by atoms with van der Waals surface area (Å²) in [4.78, 5) is 0. The van der Waals surface area contributed by atoms with Gasteiger partial charge in [0.05, 0.1) is 13.2 Å². The second kappa shape index (κ2) is 77.7. The third kappa shape index (κ3) is 87.0. The van der Waals surface area contributed by atoms with Crippen LogP contribution in [0.1, 0.15) is 464 Å². The van der Waals surface area contributed by atoms with Gasteiger partial charge in [0.25, 0.3) is 0 Å².